The largest absolute Gasteiger partial charge is 0.464 e. The Balaban J connectivity index is 2.14. The number of nitrogens with zero attached hydrogens (tertiary/aromatic N) is 1. The van der Waals surface area contributed by atoms with Crippen LogP contribution in [0.3, 0.4) is 0 Å². The van der Waals surface area contributed by atoms with Gasteiger partial charge in [-0.15, -0.1) is 0 Å². The van der Waals surface area contributed by atoms with E-state index in [4.69, 9.17) is 28.9 Å². The maximum absolute atomic E-state index is 14.2. The van der Waals surface area contributed by atoms with Gasteiger partial charge < -0.3 is 14.4 Å². The van der Waals surface area contributed by atoms with Crippen LogP contribution < -0.4 is 0 Å². The van der Waals surface area contributed by atoms with Crippen molar-refractivity contribution in [1.29, 1.82) is 0 Å². The van der Waals surface area contributed by atoms with Crippen LogP contribution in [0.1, 0.15) is 0 Å². The van der Waals surface area contributed by atoms with Crippen molar-refractivity contribution in [2.45, 2.75) is 0 Å². The molecule has 4 rings (SSSR count). The third-order valence-corrected chi connectivity index (χ3v) is 4.15. The van der Waals surface area contributed by atoms with E-state index in [2.05, 4.69) is 15.0 Å². The number of rotatable bonds is 2. The summed E-state index contributed by atoms with van der Waals surface area (Å²) >= 11 is 10.5. The molecule has 2 N–H and O–H groups in total. The van der Waals surface area contributed by atoms with E-state index >= 15 is 0 Å². The van der Waals surface area contributed by atoms with Crippen molar-refractivity contribution in [3.05, 3.63) is 64.0 Å². The minimum Gasteiger partial charge on any atom is -0.464 e. The quantitative estimate of drug-likeness (QED) is 0.472. The molecule has 0 aliphatic heterocycles. The first-order valence-electron chi connectivity index (χ1n) is 7.09. The SMILES string of the molecule is Fc1ccccc1-c1cc(-c2ccco2)c2c(=S)[nH]c(=S)[nH]c2n1. The van der Waals surface area contributed by atoms with Crippen LogP contribution in [0.2, 0.25) is 0 Å². The molecule has 0 spiro atoms. The highest BCUT2D eigenvalue weighted by Crippen LogP contribution is 2.32. The van der Waals surface area contributed by atoms with Crippen molar-refractivity contribution in [2.75, 3.05) is 0 Å². The van der Waals surface area contributed by atoms with Crippen LogP contribution in [0.4, 0.5) is 4.39 Å². The van der Waals surface area contributed by atoms with E-state index in [1.54, 1.807) is 36.6 Å². The Morgan fingerprint density at radius 3 is 2.58 bits per heavy atom. The zero-order valence-corrected chi connectivity index (χ0v) is 13.8. The van der Waals surface area contributed by atoms with Gasteiger partial charge in [0.1, 0.15) is 21.9 Å². The van der Waals surface area contributed by atoms with Gasteiger partial charge in [-0.3, -0.25) is 0 Å². The third kappa shape index (κ3) is 2.47. The van der Waals surface area contributed by atoms with Crippen molar-refractivity contribution in [3.63, 3.8) is 0 Å². The summed E-state index contributed by atoms with van der Waals surface area (Å²) in [6.07, 6.45) is 1.57. The molecule has 0 amide bonds. The molecule has 7 heteroatoms. The predicted octanol–water partition coefficient (Wildman–Crippen LogP) is 5.42. The standard InChI is InChI=1S/C17H10FN3OS2/c18-11-5-2-1-4-9(11)12-8-10(13-6-3-7-22-13)14-15(19-12)20-17(24)21-16(14)23/h1-8H,(H2,19,20,21,23,24). The van der Waals surface area contributed by atoms with E-state index in [0.717, 1.165) is 5.56 Å². The molecule has 3 heterocycles. The Morgan fingerprint density at radius 1 is 1.00 bits per heavy atom. The lowest BCUT2D eigenvalue weighted by molar-refractivity contribution is 0.583. The first-order chi connectivity index (χ1) is 11.6. The second-order valence-electron chi connectivity index (χ2n) is 5.14. The molecule has 0 bridgehead atoms. The van der Waals surface area contributed by atoms with Gasteiger partial charge in [0.2, 0.25) is 0 Å². The monoisotopic (exact) mass is 355 g/mol. The smallest absolute Gasteiger partial charge is 0.177 e. The summed E-state index contributed by atoms with van der Waals surface area (Å²) in [5, 5.41) is 0.675. The predicted molar refractivity (Wildman–Crippen MR) is 95.2 cm³/mol. The highest BCUT2D eigenvalue weighted by Gasteiger charge is 2.15. The zero-order valence-electron chi connectivity index (χ0n) is 12.2. The maximum atomic E-state index is 14.2. The van der Waals surface area contributed by atoms with Gasteiger partial charge in [-0.1, -0.05) is 24.4 Å². The molecular formula is C17H10FN3OS2. The van der Waals surface area contributed by atoms with Crippen LogP contribution in [0.25, 0.3) is 33.6 Å². The number of halogens is 1. The molecule has 118 valence electrons. The van der Waals surface area contributed by atoms with Crippen LogP contribution in [-0.4, -0.2) is 15.0 Å². The van der Waals surface area contributed by atoms with Gasteiger partial charge in [0.25, 0.3) is 0 Å². The fourth-order valence-corrected chi connectivity index (χ4v) is 3.17. The number of aromatic nitrogens is 3. The molecule has 24 heavy (non-hydrogen) atoms. The van der Waals surface area contributed by atoms with Crippen molar-refractivity contribution >= 4 is 35.5 Å². The van der Waals surface area contributed by atoms with E-state index in [9.17, 15) is 4.39 Å². The first-order valence-corrected chi connectivity index (χ1v) is 7.91. The highest BCUT2D eigenvalue weighted by molar-refractivity contribution is 7.72. The summed E-state index contributed by atoms with van der Waals surface area (Å²) in [5.74, 6) is 0.263. The number of hydrogen-bond acceptors (Lipinski definition) is 4. The summed E-state index contributed by atoms with van der Waals surface area (Å²) in [6, 6.07) is 11.8. The number of fused-ring (bicyclic) bond motifs is 1. The zero-order chi connectivity index (χ0) is 16.7. The van der Waals surface area contributed by atoms with E-state index in [1.165, 1.54) is 6.07 Å². The van der Waals surface area contributed by atoms with Crippen LogP contribution in [0.15, 0.2) is 53.1 Å². The van der Waals surface area contributed by atoms with E-state index in [0.29, 0.717) is 37.5 Å². The Morgan fingerprint density at radius 2 is 1.83 bits per heavy atom. The molecule has 0 fully saturated rings. The lowest BCUT2D eigenvalue weighted by Gasteiger charge is -2.09. The van der Waals surface area contributed by atoms with E-state index < -0.39 is 0 Å². The molecule has 3 aromatic heterocycles. The number of benzene rings is 1. The van der Waals surface area contributed by atoms with Crippen LogP contribution >= 0.6 is 24.4 Å². The van der Waals surface area contributed by atoms with E-state index in [-0.39, 0.29) is 5.82 Å². The van der Waals surface area contributed by atoms with Crippen molar-refractivity contribution < 1.29 is 8.81 Å². The topological polar surface area (TPSA) is 57.6 Å². The Hall–Kier alpha value is -2.64. The number of pyridine rings is 1. The van der Waals surface area contributed by atoms with Crippen LogP contribution in [0.5, 0.6) is 0 Å². The number of nitrogens with one attached hydrogen (secondary N) is 2. The average Bonchev–Trinajstić information content (AvgIpc) is 3.08. The number of H-pyrrole nitrogens is 2. The van der Waals surface area contributed by atoms with Crippen LogP contribution in [0, 0.1) is 15.2 Å². The molecule has 0 saturated carbocycles. The first kappa shape index (κ1) is 14.9. The van der Waals surface area contributed by atoms with Crippen molar-refractivity contribution in [3.8, 4) is 22.6 Å². The Labute approximate surface area is 146 Å². The lowest BCUT2D eigenvalue weighted by Crippen LogP contribution is -1.96. The number of hydrogen-bond donors (Lipinski definition) is 2. The molecule has 0 aliphatic carbocycles. The number of furan rings is 1. The summed E-state index contributed by atoms with van der Waals surface area (Å²) in [4.78, 5) is 10.4. The normalized spacial score (nSPS) is 11.0. The fourth-order valence-electron chi connectivity index (χ4n) is 2.60. The molecule has 0 saturated heterocycles. The molecule has 0 aliphatic rings. The van der Waals surface area contributed by atoms with Gasteiger partial charge in [0.05, 0.1) is 17.3 Å². The summed E-state index contributed by atoms with van der Waals surface area (Å²) in [5.41, 5.74) is 2.06. The molecule has 4 aromatic rings. The maximum Gasteiger partial charge on any atom is 0.177 e. The van der Waals surface area contributed by atoms with Gasteiger partial charge in [-0.2, -0.15) is 0 Å². The molecule has 0 atom stereocenters. The Bertz CT molecular complexity index is 1160. The average molecular weight is 355 g/mol. The second kappa shape index (κ2) is 5.77. The summed E-state index contributed by atoms with van der Waals surface area (Å²) in [6.45, 7) is 0. The minimum atomic E-state index is -0.352. The molecule has 0 radical (unpaired) electrons. The molecule has 0 unspecified atom stereocenters. The van der Waals surface area contributed by atoms with Crippen molar-refractivity contribution in [2.24, 2.45) is 0 Å². The molecular weight excluding hydrogens is 345 g/mol. The fraction of sp³-hybridized carbons (Fsp3) is 0. The minimum absolute atomic E-state index is 0.352. The second-order valence-corrected chi connectivity index (χ2v) is 5.96. The van der Waals surface area contributed by atoms with E-state index in [1.807, 2.05) is 6.07 Å². The third-order valence-electron chi connectivity index (χ3n) is 3.64. The van der Waals surface area contributed by atoms with Gasteiger partial charge in [-0.05, 0) is 42.5 Å². The lowest BCUT2D eigenvalue weighted by atomic mass is 10.0. The highest BCUT2D eigenvalue weighted by atomic mass is 32.1. The van der Waals surface area contributed by atoms with Gasteiger partial charge in [-0.25, -0.2) is 9.37 Å². The Kier molecular flexibility index (Phi) is 3.59. The number of aromatic amines is 2. The van der Waals surface area contributed by atoms with Crippen molar-refractivity contribution in [1.82, 2.24) is 15.0 Å². The van der Waals surface area contributed by atoms with Gasteiger partial charge >= 0.3 is 0 Å². The van der Waals surface area contributed by atoms with Crippen LogP contribution in [-0.2, 0) is 0 Å². The van der Waals surface area contributed by atoms with Gasteiger partial charge in [0.15, 0.2) is 4.77 Å². The summed E-state index contributed by atoms with van der Waals surface area (Å²) < 4.78 is 20.5. The molecule has 1 aromatic carbocycles. The molecule has 4 nitrogen and oxygen atoms in total. The van der Waals surface area contributed by atoms with Gasteiger partial charge in [0, 0.05) is 11.1 Å². The summed E-state index contributed by atoms with van der Waals surface area (Å²) in [7, 11) is 0.